The van der Waals surface area contributed by atoms with Gasteiger partial charge < -0.3 is 5.32 Å². The Bertz CT molecular complexity index is 108. The van der Waals surface area contributed by atoms with Crippen LogP contribution < -0.4 is 5.32 Å². The molecule has 0 spiro atoms. The van der Waals surface area contributed by atoms with E-state index in [4.69, 9.17) is 6.42 Å². The second kappa shape index (κ2) is 7.26. The maximum absolute atomic E-state index is 5.04. The van der Waals surface area contributed by atoms with Crippen LogP contribution in [0.4, 0.5) is 0 Å². The molecule has 1 nitrogen and oxygen atoms in total. The van der Waals surface area contributed by atoms with E-state index in [9.17, 15) is 0 Å². The van der Waals surface area contributed by atoms with Gasteiger partial charge in [0.25, 0.3) is 0 Å². The van der Waals surface area contributed by atoms with Crippen LogP contribution in [0.15, 0.2) is 12.2 Å². The van der Waals surface area contributed by atoms with Crippen LogP contribution in [-0.4, -0.2) is 13.1 Å². The van der Waals surface area contributed by atoms with E-state index >= 15 is 0 Å². The van der Waals surface area contributed by atoms with Gasteiger partial charge in [-0.3, -0.25) is 0 Å². The predicted octanol–water partition coefficient (Wildman–Crippen LogP) is 1.18. The molecule has 0 amide bonds. The molecule has 0 fully saturated rings. The van der Waals surface area contributed by atoms with E-state index < -0.39 is 0 Å². The summed E-state index contributed by atoms with van der Waals surface area (Å²) in [6.45, 7) is 3.85. The van der Waals surface area contributed by atoms with Crippen LogP contribution in [-0.2, 0) is 0 Å². The summed E-state index contributed by atoms with van der Waals surface area (Å²) in [4.78, 5) is 0. The standard InChI is InChI=1S/C8H13N/c1-3-5-7-9-8-6-4-2/h1,4,6,9H,5,7-8H2,2H3/b6-4+. The number of nitrogens with one attached hydrogen (secondary N) is 1. The summed E-state index contributed by atoms with van der Waals surface area (Å²) in [6, 6.07) is 0. The molecule has 1 N–H and O–H groups in total. The fraction of sp³-hybridized carbons (Fsp3) is 0.500. The first-order chi connectivity index (χ1) is 4.41. The fourth-order valence-corrected chi connectivity index (χ4v) is 0.464. The molecule has 0 bridgehead atoms. The normalized spacial score (nSPS) is 9.78. The van der Waals surface area contributed by atoms with Crippen LogP contribution >= 0.6 is 0 Å². The molecule has 0 aliphatic carbocycles. The zero-order valence-electron chi connectivity index (χ0n) is 5.85. The molecule has 0 aliphatic heterocycles. The molecular weight excluding hydrogens is 110 g/mol. The Hall–Kier alpha value is -0.740. The Morgan fingerprint density at radius 1 is 1.67 bits per heavy atom. The molecule has 0 aliphatic rings. The minimum atomic E-state index is 0.817. The lowest BCUT2D eigenvalue weighted by molar-refractivity contribution is 0.764. The van der Waals surface area contributed by atoms with Gasteiger partial charge in [0.05, 0.1) is 0 Å². The third-order valence-electron chi connectivity index (χ3n) is 0.944. The number of terminal acetylenes is 1. The third-order valence-corrected chi connectivity index (χ3v) is 0.944. The Morgan fingerprint density at radius 2 is 2.44 bits per heavy atom. The Kier molecular flexibility index (Phi) is 6.66. The van der Waals surface area contributed by atoms with Crippen molar-refractivity contribution < 1.29 is 0 Å². The second-order valence-corrected chi connectivity index (χ2v) is 1.73. The minimum Gasteiger partial charge on any atom is -0.312 e. The molecule has 0 aromatic carbocycles. The lowest BCUT2D eigenvalue weighted by Gasteiger charge is -1.93. The van der Waals surface area contributed by atoms with E-state index in [2.05, 4.69) is 17.3 Å². The van der Waals surface area contributed by atoms with Crippen molar-refractivity contribution >= 4 is 0 Å². The van der Waals surface area contributed by atoms with Crippen molar-refractivity contribution in [3.63, 3.8) is 0 Å². The molecule has 0 aromatic rings. The van der Waals surface area contributed by atoms with E-state index in [1.807, 2.05) is 13.0 Å². The summed E-state index contributed by atoms with van der Waals surface area (Å²) < 4.78 is 0. The Labute approximate surface area is 57.2 Å². The van der Waals surface area contributed by atoms with Crippen molar-refractivity contribution in [2.24, 2.45) is 0 Å². The smallest absolute Gasteiger partial charge is 0.0212 e. The second-order valence-electron chi connectivity index (χ2n) is 1.73. The Balaban J connectivity index is 2.85. The Morgan fingerprint density at radius 3 is 3.00 bits per heavy atom. The van der Waals surface area contributed by atoms with Gasteiger partial charge in [0.1, 0.15) is 0 Å². The molecule has 0 saturated heterocycles. The summed E-state index contributed by atoms with van der Waals surface area (Å²) in [6.07, 6.45) is 9.93. The van der Waals surface area contributed by atoms with Crippen molar-refractivity contribution in [1.82, 2.24) is 5.32 Å². The average Bonchev–Trinajstić information content (AvgIpc) is 1.89. The van der Waals surface area contributed by atoms with Gasteiger partial charge in [-0.1, -0.05) is 12.2 Å². The van der Waals surface area contributed by atoms with E-state index in [0.29, 0.717) is 0 Å². The molecule has 1 heteroatoms. The SMILES string of the molecule is C#CCCNC/C=C/C. The van der Waals surface area contributed by atoms with E-state index in [1.165, 1.54) is 0 Å². The van der Waals surface area contributed by atoms with E-state index in [0.717, 1.165) is 19.5 Å². The molecule has 0 heterocycles. The fourth-order valence-electron chi connectivity index (χ4n) is 0.464. The molecule has 0 rings (SSSR count). The highest BCUT2D eigenvalue weighted by Crippen LogP contribution is 1.70. The van der Waals surface area contributed by atoms with Crippen molar-refractivity contribution in [3.05, 3.63) is 12.2 Å². The van der Waals surface area contributed by atoms with Gasteiger partial charge in [0.15, 0.2) is 0 Å². The number of allylic oxidation sites excluding steroid dienone is 1. The molecule has 0 unspecified atom stereocenters. The maximum Gasteiger partial charge on any atom is 0.0212 e. The topological polar surface area (TPSA) is 12.0 Å². The van der Waals surface area contributed by atoms with Crippen LogP contribution in [0.1, 0.15) is 13.3 Å². The predicted molar refractivity (Wildman–Crippen MR) is 41.1 cm³/mol. The molecule has 0 aromatic heterocycles. The summed E-state index contributed by atoms with van der Waals surface area (Å²) in [5.74, 6) is 2.56. The van der Waals surface area contributed by atoms with Crippen LogP contribution in [0.3, 0.4) is 0 Å². The van der Waals surface area contributed by atoms with Crippen LogP contribution in [0, 0.1) is 12.3 Å². The van der Waals surface area contributed by atoms with Gasteiger partial charge in [-0.2, -0.15) is 0 Å². The highest BCUT2D eigenvalue weighted by Gasteiger charge is 1.77. The van der Waals surface area contributed by atoms with Gasteiger partial charge in [-0.15, -0.1) is 12.3 Å². The number of hydrogen-bond donors (Lipinski definition) is 1. The maximum atomic E-state index is 5.04. The first-order valence-electron chi connectivity index (χ1n) is 3.17. The monoisotopic (exact) mass is 123 g/mol. The highest BCUT2D eigenvalue weighted by molar-refractivity contribution is 4.85. The van der Waals surface area contributed by atoms with Crippen LogP contribution in [0.5, 0.6) is 0 Å². The lowest BCUT2D eigenvalue weighted by atomic mass is 10.4. The first-order valence-corrected chi connectivity index (χ1v) is 3.17. The number of hydrogen-bond acceptors (Lipinski definition) is 1. The van der Waals surface area contributed by atoms with Gasteiger partial charge in [0.2, 0.25) is 0 Å². The molecular formula is C8H13N. The zero-order valence-corrected chi connectivity index (χ0v) is 5.85. The summed E-state index contributed by atoms with van der Waals surface area (Å²) >= 11 is 0. The largest absolute Gasteiger partial charge is 0.312 e. The zero-order chi connectivity index (χ0) is 6.95. The van der Waals surface area contributed by atoms with Gasteiger partial charge in [-0.05, 0) is 6.92 Å². The molecule has 0 radical (unpaired) electrons. The van der Waals surface area contributed by atoms with Gasteiger partial charge in [0, 0.05) is 19.5 Å². The van der Waals surface area contributed by atoms with E-state index in [-0.39, 0.29) is 0 Å². The van der Waals surface area contributed by atoms with Gasteiger partial charge in [-0.25, -0.2) is 0 Å². The summed E-state index contributed by atoms with van der Waals surface area (Å²) in [5, 5.41) is 3.16. The first kappa shape index (κ1) is 8.26. The lowest BCUT2D eigenvalue weighted by Crippen LogP contribution is -2.13. The van der Waals surface area contributed by atoms with Crippen LogP contribution in [0.2, 0.25) is 0 Å². The third kappa shape index (κ3) is 7.26. The van der Waals surface area contributed by atoms with Gasteiger partial charge >= 0.3 is 0 Å². The summed E-state index contributed by atoms with van der Waals surface area (Å²) in [7, 11) is 0. The molecule has 0 atom stereocenters. The highest BCUT2D eigenvalue weighted by atomic mass is 14.8. The average molecular weight is 123 g/mol. The molecule has 9 heavy (non-hydrogen) atoms. The molecule has 0 saturated carbocycles. The summed E-state index contributed by atoms with van der Waals surface area (Å²) in [5.41, 5.74) is 0. The minimum absolute atomic E-state index is 0.817. The molecule has 50 valence electrons. The van der Waals surface area contributed by atoms with Crippen molar-refractivity contribution in [2.45, 2.75) is 13.3 Å². The van der Waals surface area contributed by atoms with E-state index in [1.54, 1.807) is 0 Å². The van der Waals surface area contributed by atoms with Crippen LogP contribution in [0.25, 0.3) is 0 Å². The van der Waals surface area contributed by atoms with Crippen molar-refractivity contribution in [1.29, 1.82) is 0 Å². The van der Waals surface area contributed by atoms with Crippen molar-refractivity contribution in [3.8, 4) is 12.3 Å². The number of rotatable bonds is 4. The van der Waals surface area contributed by atoms with Crippen molar-refractivity contribution in [2.75, 3.05) is 13.1 Å². The quantitative estimate of drug-likeness (QED) is 0.336.